The van der Waals surface area contributed by atoms with Gasteiger partial charge in [0.05, 0.1) is 5.69 Å². The maximum absolute atomic E-state index is 13.2. The van der Waals surface area contributed by atoms with E-state index in [4.69, 9.17) is 11.1 Å². The molecule has 1 aromatic carbocycles. The highest BCUT2D eigenvalue weighted by Crippen LogP contribution is 2.32. The van der Waals surface area contributed by atoms with Crippen molar-refractivity contribution in [1.82, 2.24) is 19.1 Å². The summed E-state index contributed by atoms with van der Waals surface area (Å²) in [5.41, 5.74) is 7.13. The summed E-state index contributed by atoms with van der Waals surface area (Å²) in [5, 5.41) is 8.83. The first-order chi connectivity index (χ1) is 15.7. The van der Waals surface area contributed by atoms with Crippen molar-refractivity contribution in [2.45, 2.75) is 17.2 Å². The number of aromatic nitrogens is 1. The molecule has 4 heterocycles. The van der Waals surface area contributed by atoms with Crippen LogP contribution in [-0.2, 0) is 23.0 Å². The molecule has 0 radical (unpaired) electrons. The number of piperazine rings is 1. The molecule has 2 aliphatic rings. The van der Waals surface area contributed by atoms with Gasteiger partial charge in [0.15, 0.2) is 5.01 Å². The van der Waals surface area contributed by atoms with E-state index in [1.165, 1.54) is 27.0 Å². The molecule has 2 aliphatic heterocycles. The third-order valence-electron chi connectivity index (χ3n) is 6.03. The Balaban J connectivity index is 1.29. The molecule has 33 heavy (non-hydrogen) atoms. The van der Waals surface area contributed by atoms with Crippen LogP contribution in [0.5, 0.6) is 0 Å². The van der Waals surface area contributed by atoms with Crippen LogP contribution in [0.1, 0.15) is 25.9 Å². The number of carbonyl (C=O) groups is 1. The Morgan fingerprint density at radius 1 is 1.12 bits per heavy atom. The van der Waals surface area contributed by atoms with Crippen molar-refractivity contribution in [2.24, 2.45) is 5.73 Å². The van der Waals surface area contributed by atoms with E-state index >= 15 is 0 Å². The van der Waals surface area contributed by atoms with Crippen molar-refractivity contribution < 1.29 is 13.2 Å². The average Bonchev–Trinajstić information content (AvgIpc) is 3.42. The number of hydrogen-bond acceptors (Lipinski definition) is 8. The predicted octanol–water partition coefficient (Wildman–Crippen LogP) is 1.78. The van der Waals surface area contributed by atoms with E-state index in [0.717, 1.165) is 40.2 Å². The number of rotatable bonds is 4. The summed E-state index contributed by atoms with van der Waals surface area (Å²) in [4.78, 5) is 22.6. The highest BCUT2D eigenvalue weighted by atomic mass is 32.2. The molecule has 2 aromatic heterocycles. The van der Waals surface area contributed by atoms with Gasteiger partial charge in [-0.05, 0) is 36.7 Å². The lowest BCUT2D eigenvalue weighted by molar-refractivity contribution is 0.0697. The average molecular weight is 505 g/mol. The van der Waals surface area contributed by atoms with Gasteiger partial charge in [0, 0.05) is 60.8 Å². The van der Waals surface area contributed by atoms with E-state index in [1.54, 1.807) is 29.2 Å². The number of nitrogen functional groups attached to an aromatic ring is 1. The second kappa shape index (κ2) is 8.44. The number of thiazole rings is 1. The van der Waals surface area contributed by atoms with Gasteiger partial charge in [-0.25, -0.2) is 13.4 Å². The van der Waals surface area contributed by atoms with Gasteiger partial charge >= 0.3 is 0 Å². The Labute approximate surface area is 200 Å². The van der Waals surface area contributed by atoms with Crippen molar-refractivity contribution in [3.8, 4) is 0 Å². The van der Waals surface area contributed by atoms with Crippen LogP contribution >= 0.6 is 22.7 Å². The zero-order valence-corrected chi connectivity index (χ0v) is 20.5. The highest BCUT2D eigenvalue weighted by molar-refractivity contribution is 7.91. The first-order valence-electron chi connectivity index (χ1n) is 10.6. The third kappa shape index (κ3) is 4.17. The zero-order valence-electron chi connectivity index (χ0n) is 18.1. The molecule has 0 aliphatic carbocycles. The smallest absolute Gasteiger partial charge is 0.282 e. The van der Waals surface area contributed by atoms with Crippen LogP contribution in [0.25, 0.3) is 10.1 Å². The summed E-state index contributed by atoms with van der Waals surface area (Å²) in [6.45, 7) is 2.91. The molecule has 0 atom stereocenters. The number of nitrogens with two attached hydrogens (primary N) is 1. The minimum absolute atomic E-state index is 0.0543. The zero-order chi connectivity index (χ0) is 23.3. The lowest BCUT2D eigenvalue weighted by Crippen LogP contribution is -2.50. The number of sulfonamides is 1. The van der Waals surface area contributed by atoms with Crippen LogP contribution in [0.2, 0.25) is 0 Å². The molecule has 1 saturated heterocycles. The molecular weight excluding hydrogens is 480 g/mol. The summed E-state index contributed by atoms with van der Waals surface area (Å²) in [6.07, 6.45) is 0.852. The van der Waals surface area contributed by atoms with Gasteiger partial charge in [0.25, 0.3) is 15.9 Å². The fraction of sp³-hybridized carbons (Fsp3) is 0.381. The van der Waals surface area contributed by atoms with Crippen LogP contribution in [0.4, 0.5) is 0 Å². The molecule has 174 valence electrons. The molecule has 0 bridgehead atoms. The third-order valence-corrected chi connectivity index (χ3v) is 10.6. The monoisotopic (exact) mass is 504 g/mol. The van der Waals surface area contributed by atoms with Crippen molar-refractivity contribution >= 4 is 54.5 Å². The molecule has 0 saturated carbocycles. The second-order valence-electron chi connectivity index (χ2n) is 8.30. The first kappa shape index (κ1) is 22.4. The second-order valence-corrected chi connectivity index (χ2v) is 12.6. The van der Waals surface area contributed by atoms with E-state index in [9.17, 15) is 13.2 Å². The number of nitrogens with one attached hydrogen (secondary N) is 1. The Morgan fingerprint density at radius 3 is 2.61 bits per heavy atom. The van der Waals surface area contributed by atoms with Crippen molar-refractivity contribution in [1.29, 1.82) is 5.41 Å². The van der Waals surface area contributed by atoms with Gasteiger partial charge in [0.1, 0.15) is 10.0 Å². The molecule has 9 nitrogen and oxygen atoms in total. The van der Waals surface area contributed by atoms with Crippen molar-refractivity contribution in [3.05, 3.63) is 45.4 Å². The Morgan fingerprint density at radius 2 is 1.88 bits per heavy atom. The molecule has 3 N–H and O–H groups in total. The summed E-state index contributed by atoms with van der Waals surface area (Å²) in [7, 11) is -1.61. The van der Waals surface area contributed by atoms with Gasteiger partial charge < -0.3 is 15.5 Å². The molecular formula is C21H24N6O3S3. The Hall–Kier alpha value is -2.38. The number of nitrogens with zero attached hydrogens (tertiary/aromatic N) is 4. The lowest BCUT2D eigenvalue weighted by atomic mass is 10.1. The molecule has 5 rings (SSSR count). The highest BCUT2D eigenvalue weighted by Gasteiger charge is 2.33. The largest absolute Gasteiger partial charge is 0.384 e. The molecule has 12 heteroatoms. The van der Waals surface area contributed by atoms with Crippen LogP contribution in [0.15, 0.2) is 28.5 Å². The van der Waals surface area contributed by atoms with Gasteiger partial charge in [-0.2, -0.15) is 4.31 Å². The summed E-state index contributed by atoms with van der Waals surface area (Å²) in [5.74, 6) is -0.172. The Bertz CT molecular complexity index is 1350. The van der Waals surface area contributed by atoms with Gasteiger partial charge in [-0.15, -0.1) is 22.7 Å². The number of benzene rings is 1. The molecule has 1 fully saturated rings. The van der Waals surface area contributed by atoms with Crippen LogP contribution in [-0.4, -0.2) is 79.0 Å². The van der Waals surface area contributed by atoms with Crippen molar-refractivity contribution in [3.63, 3.8) is 0 Å². The molecule has 1 amide bonds. The number of carbonyl (C=O) groups excluding carboxylic acids is 1. The van der Waals surface area contributed by atoms with E-state index < -0.39 is 10.0 Å². The topological polar surface area (TPSA) is 124 Å². The maximum atomic E-state index is 13.2. The van der Waals surface area contributed by atoms with Gasteiger partial charge in [-0.3, -0.25) is 10.2 Å². The maximum Gasteiger partial charge on any atom is 0.282 e. The van der Waals surface area contributed by atoms with E-state index in [1.807, 2.05) is 0 Å². The predicted molar refractivity (Wildman–Crippen MR) is 130 cm³/mol. The Kier molecular flexibility index (Phi) is 5.73. The first-order valence-corrected chi connectivity index (χ1v) is 13.6. The minimum Gasteiger partial charge on any atom is -0.384 e. The number of thiophene rings is 1. The number of amides is 1. The fourth-order valence-electron chi connectivity index (χ4n) is 4.12. The fourth-order valence-corrected chi connectivity index (χ4v) is 8.23. The van der Waals surface area contributed by atoms with E-state index in [2.05, 4.69) is 16.9 Å². The standard InChI is InChI=1S/C21H24N6O3S3/c1-25-5-4-15-17(12-25)32-20(24-15)21(28)26-6-8-27(9-7-26)33(29,30)18-11-14-10-13(19(22)23)2-3-16(14)31-18/h2-3,10-11H,4-9,12H2,1H3,(H3,22,23). The quantitative estimate of drug-likeness (QED) is 0.412. The van der Waals surface area contributed by atoms with E-state index in [-0.39, 0.29) is 29.0 Å². The molecule has 0 unspecified atom stereocenters. The SMILES string of the molecule is CN1CCc2nc(C(=O)N3CCN(S(=O)(=O)c4cc5cc(C(=N)N)ccc5s4)CC3)sc2C1. The van der Waals surface area contributed by atoms with Crippen LogP contribution < -0.4 is 5.73 Å². The minimum atomic E-state index is -3.67. The van der Waals surface area contributed by atoms with Crippen LogP contribution in [0.3, 0.4) is 0 Å². The van der Waals surface area contributed by atoms with Crippen LogP contribution in [0, 0.1) is 5.41 Å². The summed E-state index contributed by atoms with van der Waals surface area (Å²) in [6, 6.07) is 6.87. The number of likely N-dealkylation sites (N-methyl/N-ethyl adjacent to an activating group) is 1. The molecule has 0 spiro atoms. The number of hydrogen-bond donors (Lipinski definition) is 2. The number of fused-ring (bicyclic) bond motifs is 2. The molecule has 3 aromatic rings. The summed E-state index contributed by atoms with van der Waals surface area (Å²) >= 11 is 2.66. The van der Waals surface area contributed by atoms with E-state index in [0.29, 0.717) is 23.7 Å². The normalized spacial score (nSPS) is 17.9. The van der Waals surface area contributed by atoms with Gasteiger partial charge in [0.2, 0.25) is 0 Å². The van der Waals surface area contributed by atoms with Crippen molar-refractivity contribution in [2.75, 3.05) is 39.8 Å². The van der Waals surface area contributed by atoms with Gasteiger partial charge in [-0.1, -0.05) is 0 Å². The summed E-state index contributed by atoms with van der Waals surface area (Å²) < 4.78 is 29.0. The lowest BCUT2D eigenvalue weighted by Gasteiger charge is -2.33. The number of amidine groups is 1.